The molecule has 0 bridgehead atoms. The Labute approximate surface area is 101 Å². The van der Waals surface area contributed by atoms with Crippen LogP contribution in [0.3, 0.4) is 0 Å². The van der Waals surface area contributed by atoms with Gasteiger partial charge in [-0.25, -0.2) is 9.59 Å². The smallest absolute Gasteiger partial charge is 0.328 e. The summed E-state index contributed by atoms with van der Waals surface area (Å²) in [6, 6.07) is 0. The van der Waals surface area contributed by atoms with Crippen molar-refractivity contribution >= 4 is 18.2 Å². The lowest BCUT2D eigenvalue weighted by Gasteiger charge is -2.16. The van der Waals surface area contributed by atoms with Crippen molar-refractivity contribution in [2.75, 3.05) is 6.61 Å². The minimum Gasteiger partial charge on any atom is -0.478 e. The molecule has 104 valence electrons. The van der Waals surface area contributed by atoms with Crippen molar-refractivity contribution < 1.29 is 45.0 Å². The minimum atomic E-state index is -1.64. The van der Waals surface area contributed by atoms with E-state index in [0.717, 1.165) is 0 Å². The number of hydrogen-bond donors (Lipinski definition) is 6. The van der Waals surface area contributed by atoms with Crippen molar-refractivity contribution in [3.8, 4) is 0 Å². The highest BCUT2D eigenvalue weighted by molar-refractivity contribution is 5.89. The maximum Gasteiger partial charge on any atom is 0.328 e. The van der Waals surface area contributed by atoms with Crippen LogP contribution in [0.15, 0.2) is 12.2 Å². The summed E-state index contributed by atoms with van der Waals surface area (Å²) in [4.78, 5) is 28.9. The van der Waals surface area contributed by atoms with Crippen molar-refractivity contribution in [3.63, 3.8) is 0 Å². The molecule has 6 N–H and O–H groups in total. The van der Waals surface area contributed by atoms with E-state index >= 15 is 0 Å². The van der Waals surface area contributed by atoms with Crippen molar-refractivity contribution in [2.45, 2.75) is 18.3 Å². The summed E-state index contributed by atoms with van der Waals surface area (Å²) < 4.78 is 0. The van der Waals surface area contributed by atoms with Gasteiger partial charge in [-0.15, -0.1) is 0 Å². The Balaban J connectivity index is 0. The molecule has 0 saturated heterocycles. The van der Waals surface area contributed by atoms with E-state index < -0.39 is 36.9 Å². The summed E-state index contributed by atoms with van der Waals surface area (Å²) in [5.74, 6) is -2.51. The number of carboxylic acid groups (broad SMARTS) is 2. The molecule has 0 aromatic rings. The number of carbonyl (C=O) groups is 3. The molecule has 0 aliphatic rings. The number of aldehydes is 1. The zero-order valence-electron chi connectivity index (χ0n) is 9.08. The molecule has 18 heavy (non-hydrogen) atoms. The van der Waals surface area contributed by atoms with Crippen molar-refractivity contribution in [1.29, 1.82) is 0 Å². The molecule has 3 atom stereocenters. The maximum absolute atomic E-state index is 9.76. The topological polar surface area (TPSA) is 173 Å². The van der Waals surface area contributed by atoms with E-state index in [4.69, 9.17) is 30.6 Å². The van der Waals surface area contributed by atoms with Gasteiger partial charge in [-0.1, -0.05) is 0 Å². The third-order valence-electron chi connectivity index (χ3n) is 1.44. The SMILES string of the molecule is O=C(O)/C=C/C(=O)O.O=C[C@H](O)[C@H](O)[C@H](O)CO. The number of aliphatic hydroxyl groups is 4. The average molecular weight is 266 g/mol. The van der Waals surface area contributed by atoms with Crippen LogP contribution in [0, 0.1) is 0 Å². The molecule has 0 unspecified atom stereocenters. The first-order chi connectivity index (χ1) is 8.26. The predicted octanol–water partition coefficient (Wildman–Crippen LogP) is -3.03. The van der Waals surface area contributed by atoms with Crippen molar-refractivity contribution in [2.24, 2.45) is 0 Å². The number of hydrogen-bond acceptors (Lipinski definition) is 7. The van der Waals surface area contributed by atoms with Crippen LogP contribution in [0.2, 0.25) is 0 Å². The van der Waals surface area contributed by atoms with Crippen LogP contribution in [0.25, 0.3) is 0 Å². The van der Waals surface area contributed by atoms with Crippen molar-refractivity contribution in [1.82, 2.24) is 0 Å². The van der Waals surface area contributed by atoms with E-state index in [1.165, 1.54) is 0 Å². The average Bonchev–Trinajstić information content (AvgIpc) is 2.34. The van der Waals surface area contributed by atoms with Gasteiger partial charge in [-0.05, 0) is 0 Å². The fourth-order valence-corrected chi connectivity index (χ4v) is 0.559. The molecule has 0 aromatic heterocycles. The molecule has 0 spiro atoms. The normalized spacial score (nSPS) is 15.1. The Morgan fingerprint density at radius 3 is 1.61 bits per heavy atom. The highest BCUT2D eigenvalue weighted by atomic mass is 16.4. The van der Waals surface area contributed by atoms with Crippen LogP contribution in [-0.4, -0.2) is 73.8 Å². The van der Waals surface area contributed by atoms with Gasteiger partial charge in [0.05, 0.1) is 6.61 Å². The minimum absolute atomic E-state index is 0.0869. The van der Waals surface area contributed by atoms with Crippen LogP contribution in [0.1, 0.15) is 0 Å². The second-order valence-corrected chi connectivity index (χ2v) is 2.88. The quantitative estimate of drug-likeness (QED) is 0.216. The van der Waals surface area contributed by atoms with Gasteiger partial charge >= 0.3 is 11.9 Å². The van der Waals surface area contributed by atoms with Gasteiger partial charge in [0.25, 0.3) is 0 Å². The third kappa shape index (κ3) is 10.7. The Bertz CT molecular complexity index is 282. The van der Waals surface area contributed by atoms with Gasteiger partial charge in [-0.2, -0.15) is 0 Å². The van der Waals surface area contributed by atoms with Crippen LogP contribution >= 0.6 is 0 Å². The standard InChI is InChI=1S/C5H10O5.C4H4O4/c6-1-3(8)5(10)4(9)2-7;5-3(6)1-2-4(7)8/h1,3-5,7-10H,2H2;1-2H,(H,5,6)(H,7,8)/b;2-1+/t3-,4+,5-;/m0./s1. The molecule has 0 aromatic carbocycles. The van der Waals surface area contributed by atoms with E-state index in [0.29, 0.717) is 12.2 Å². The van der Waals surface area contributed by atoms with Crippen LogP contribution in [0.4, 0.5) is 0 Å². The number of aliphatic carboxylic acids is 2. The summed E-state index contributed by atoms with van der Waals surface area (Å²) in [6.07, 6.45) is -3.52. The van der Waals surface area contributed by atoms with E-state index in [1.807, 2.05) is 0 Å². The molecule has 0 amide bonds. The number of carbonyl (C=O) groups excluding carboxylic acids is 1. The van der Waals surface area contributed by atoms with Gasteiger partial charge in [0.2, 0.25) is 0 Å². The van der Waals surface area contributed by atoms with Gasteiger partial charge in [0, 0.05) is 12.2 Å². The summed E-state index contributed by atoms with van der Waals surface area (Å²) in [7, 11) is 0. The first-order valence-electron chi connectivity index (χ1n) is 4.50. The zero-order chi connectivity index (χ0) is 14.7. The highest BCUT2D eigenvalue weighted by Gasteiger charge is 2.22. The first kappa shape index (κ1) is 18.6. The Morgan fingerprint density at radius 2 is 1.39 bits per heavy atom. The maximum atomic E-state index is 9.76. The Hall–Kier alpha value is -1.81. The molecular formula is C9H14O9. The first-order valence-corrected chi connectivity index (χ1v) is 4.50. The van der Waals surface area contributed by atoms with Gasteiger partial charge in [-0.3, -0.25) is 0 Å². The van der Waals surface area contributed by atoms with E-state index in [2.05, 4.69) is 0 Å². The predicted molar refractivity (Wildman–Crippen MR) is 55.6 cm³/mol. The number of aliphatic hydroxyl groups excluding tert-OH is 4. The summed E-state index contributed by atoms with van der Waals surface area (Å²) >= 11 is 0. The fraction of sp³-hybridized carbons (Fsp3) is 0.444. The fourth-order valence-electron chi connectivity index (χ4n) is 0.559. The summed E-state index contributed by atoms with van der Waals surface area (Å²) in [5, 5.41) is 49.7. The lowest BCUT2D eigenvalue weighted by Crippen LogP contribution is -2.40. The van der Waals surface area contributed by atoms with Gasteiger partial charge in [0.15, 0.2) is 6.29 Å². The van der Waals surface area contributed by atoms with Crippen LogP contribution in [0.5, 0.6) is 0 Å². The van der Waals surface area contributed by atoms with E-state index in [-0.39, 0.29) is 6.29 Å². The van der Waals surface area contributed by atoms with Crippen LogP contribution in [-0.2, 0) is 14.4 Å². The molecule has 0 fully saturated rings. The third-order valence-corrected chi connectivity index (χ3v) is 1.44. The van der Waals surface area contributed by atoms with Gasteiger partial charge < -0.3 is 35.4 Å². The molecular weight excluding hydrogens is 252 g/mol. The second-order valence-electron chi connectivity index (χ2n) is 2.88. The molecule has 0 radical (unpaired) electrons. The van der Waals surface area contributed by atoms with Crippen LogP contribution < -0.4 is 0 Å². The summed E-state index contributed by atoms with van der Waals surface area (Å²) in [5.41, 5.74) is 0. The summed E-state index contributed by atoms with van der Waals surface area (Å²) in [6.45, 7) is -0.688. The number of rotatable bonds is 6. The lowest BCUT2D eigenvalue weighted by molar-refractivity contribution is -0.134. The Kier molecular flexibility index (Phi) is 10.7. The highest BCUT2D eigenvalue weighted by Crippen LogP contribution is 1.96. The van der Waals surface area contributed by atoms with E-state index in [1.54, 1.807) is 0 Å². The zero-order valence-corrected chi connectivity index (χ0v) is 9.08. The molecule has 0 rings (SSSR count). The molecule has 0 aliphatic carbocycles. The lowest BCUT2D eigenvalue weighted by atomic mass is 10.1. The largest absolute Gasteiger partial charge is 0.478 e. The molecule has 9 heteroatoms. The van der Waals surface area contributed by atoms with Gasteiger partial charge in [0.1, 0.15) is 18.3 Å². The Morgan fingerprint density at radius 1 is 1.00 bits per heavy atom. The second kappa shape index (κ2) is 10.4. The molecule has 0 saturated carbocycles. The molecule has 9 nitrogen and oxygen atoms in total. The van der Waals surface area contributed by atoms with Crippen molar-refractivity contribution in [3.05, 3.63) is 12.2 Å². The molecule has 0 aliphatic heterocycles. The number of carboxylic acids is 2. The monoisotopic (exact) mass is 266 g/mol. The van der Waals surface area contributed by atoms with E-state index in [9.17, 15) is 14.4 Å². The molecule has 0 heterocycles.